The minimum absolute atomic E-state index is 0.0319. The molecule has 0 spiro atoms. The quantitative estimate of drug-likeness (QED) is 0.470. The lowest BCUT2D eigenvalue weighted by Crippen LogP contribution is -2.02. The summed E-state index contributed by atoms with van der Waals surface area (Å²) >= 11 is 7.27. The summed E-state index contributed by atoms with van der Waals surface area (Å²) in [5.74, 6) is -0.743. The molecule has 2 aromatic rings. The molecule has 0 aliphatic heterocycles. The SMILES string of the molecule is N#Cc1c(N=Cc2cc(Cl)cc([N+](=O)[O-])c2[O-])sc2c1CCCC2. The van der Waals surface area contributed by atoms with Crippen molar-refractivity contribution in [1.29, 1.82) is 5.26 Å². The molecule has 0 unspecified atom stereocenters. The Morgan fingerprint density at radius 1 is 1.38 bits per heavy atom. The van der Waals surface area contributed by atoms with Gasteiger partial charge in [0.2, 0.25) is 0 Å². The molecule has 1 heterocycles. The van der Waals surface area contributed by atoms with Gasteiger partial charge in [-0.15, -0.1) is 11.3 Å². The number of hydrogen-bond acceptors (Lipinski definition) is 6. The zero-order valence-corrected chi connectivity index (χ0v) is 14.0. The highest BCUT2D eigenvalue weighted by Gasteiger charge is 2.20. The summed E-state index contributed by atoms with van der Waals surface area (Å²) in [7, 11) is 0. The predicted octanol–water partition coefficient (Wildman–Crippen LogP) is 3.88. The molecular weight excluding hydrogens is 350 g/mol. The Kier molecular flexibility index (Phi) is 4.51. The van der Waals surface area contributed by atoms with Gasteiger partial charge in [-0.1, -0.05) is 11.6 Å². The number of nitriles is 1. The van der Waals surface area contributed by atoms with Crippen LogP contribution in [0.1, 0.15) is 34.4 Å². The molecule has 1 aliphatic carbocycles. The van der Waals surface area contributed by atoms with E-state index in [1.165, 1.54) is 23.6 Å². The number of fused-ring (bicyclic) bond motifs is 1. The van der Waals surface area contributed by atoms with Crippen molar-refractivity contribution in [2.24, 2.45) is 4.99 Å². The van der Waals surface area contributed by atoms with E-state index < -0.39 is 16.4 Å². The van der Waals surface area contributed by atoms with Gasteiger partial charge in [-0.3, -0.25) is 10.1 Å². The lowest BCUT2D eigenvalue weighted by molar-refractivity contribution is -0.398. The molecule has 1 aromatic carbocycles. The molecule has 0 amide bonds. The number of aliphatic imine (C=N–C) groups is 1. The molecule has 122 valence electrons. The fraction of sp³-hybridized carbons (Fsp3) is 0.250. The maximum absolute atomic E-state index is 12.1. The van der Waals surface area contributed by atoms with E-state index in [1.54, 1.807) is 0 Å². The first-order chi connectivity index (χ1) is 11.5. The summed E-state index contributed by atoms with van der Waals surface area (Å²) in [6.45, 7) is 0. The van der Waals surface area contributed by atoms with Crippen LogP contribution in [-0.2, 0) is 12.8 Å². The van der Waals surface area contributed by atoms with Crippen LogP contribution in [0.4, 0.5) is 10.7 Å². The van der Waals surface area contributed by atoms with Gasteiger partial charge in [-0.2, -0.15) is 5.26 Å². The van der Waals surface area contributed by atoms with Crippen molar-refractivity contribution in [1.82, 2.24) is 0 Å². The van der Waals surface area contributed by atoms with Gasteiger partial charge in [-0.25, -0.2) is 4.99 Å². The fourth-order valence-corrected chi connectivity index (χ4v) is 4.12. The van der Waals surface area contributed by atoms with Crippen LogP contribution >= 0.6 is 22.9 Å². The van der Waals surface area contributed by atoms with E-state index in [0.29, 0.717) is 10.6 Å². The number of nitro groups is 1. The second-order valence-electron chi connectivity index (χ2n) is 5.36. The Hall–Kier alpha value is -2.43. The molecule has 0 atom stereocenters. The largest absolute Gasteiger partial charge is 0.867 e. The van der Waals surface area contributed by atoms with Crippen molar-refractivity contribution >= 4 is 39.8 Å². The van der Waals surface area contributed by atoms with Crippen molar-refractivity contribution in [3.8, 4) is 11.8 Å². The maximum Gasteiger partial charge on any atom is 0.263 e. The molecule has 8 heteroatoms. The van der Waals surface area contributed by atoms with Crippen molar-refractivity contribution in [3.05, 3.63) is 48.8 Å². The Morgan fingerprint density at radius 2 is 2.12 bits per heavy atom. The molecular formula is C16H11ClN3O3S-. The van der Waals surface area contributed by atoms with Crippen LogP contribution in [0.25, 0.3) is 0 Å². The molecule has 3 rings (SSSR count). The van der Waals surface area contributed by atoms with Crippen LogP contribution in [0.2, 0.25) is 5.02 Å². The zero-order valence-electron chi connectivity index (χ0n) is 12.4. The van der Waals surface area contributed by atoms with Crippen molar-refractivity contribution in [3.63, 3.8) is 0 Å². The standard InChI is InChI=1S/C16H12ClN3O3S/c17-10-5-9(15(21)13(6-10)20(22)23)8-19-16-12(7-18)11-3-1-2-4-14(11)24-16/h5-6,8,21H,1-4H2/p-1. The van der Waals surface area contributed by atoms with E-state index in [1.807, 2.05) is 0 Å². The predicted molar refractivity (Wildman–Crippen MR) is 90.5 cm³/mol. The number of nitrogens with zero attached hydrogens (tertiary/aromatic N) is 3. The summed E-state index contributed by atoms with van der Waals surface area (Å²) in [5.41, 5.74) is 1.02. The van der Waals surface area contributed by atoms with Crippen LogP contribution in [0.3, 0.4) is 0 Å². The second-order valence-corrected chi connectivity index (χ2v) is 6.88. The van der Waals surface area contributed by atoms with E-state index in [2.05, 4.69) is 11.1 Å². The van der Waals surface area contributed by atoms with Crippen LogP contribution in [0, 0.1) is 21.4 Å². The molecule has 1 aliphatic rings. The van der Waals surface area contributed by atoms with E-state index in [9.17, 15) is 20.5 Å². The molecule has 6 nitrogen and oxygen atoms in total. The lowest BCUT2D eigenvalue weighted by Gasteiger charge is -2.10. The molecule has 0 fully saturated rings. The van der Waals surface area contributed by atoms with Crippen LogP contribution < -0.4 is 5.11 Å². The Labute approximate surface area is 146 Å². The number of halogens is 1. The van der Waals surface area contributed by atoms with Crippen molar-refractivity contribution in [2.45, 2.75) is 25.7 Å². The summed E-state index contributed by atoms with van der Waals surface area (Å²) in [5, 5.41) is 33.0. The summed E-state index contributed by atoms with van der Waals surface area (Å²) in [6.07, 6.45) is 5.18. The first-order valence-corrected chi connectivity index (χ1v) is 8.44. The number of rotatable bonds is 3. The van der Waals surface area contributed by atoms with Crippen molar-refractivity contribution < 1.29 is 10.0 Å². The van der Waals surface area contributed by atoms with Crippen LogP contribution in [0.15, 0.2) is 17.1 Å². The Morgan fingerprint density at radius 3 is 2.83 bits per heavy atom. The highest BCUT2D eigenvalue weighted by atomic mass is 35.5. The molecule has 0 bridgehead atoms. The lowest BCUT2D eigenvalue weighted by atomic mass is 9.96. The Bertz CT molecular complexity index is 899. The van der Waals surface area contributed by atoms with Crippen molar-refractivity contribution in [2.75, 3.05) is 0 Å². The Balaban J connectivity index is 2.02. The van der Waals surface area contributed by atoms with Crippen LogP contribution in [0.5, 0.6) is 5.75 Å². The summed E-state index contributed by atoms with van der Waals surface area (Å²) in [4.78, 5) is 15.5. The highest BCUT2D eigenvalue weighted by Crippen LogP contribution is 2.39. The third-order valence-electron chi connectivity index (χ3n) is 3.84. The van der Waals surface area contributed by atoms with Gasteiger partial charge in [-0.05, 0) is 48.6 Å². The monoisotopic (exact) mass is 360 g/mol. The van der Waals surface area contributed by atoms with E-state index in [0.717, 1.165) is 42.2 Å². The van der Waals surface area contributed by atoms with Gasteiger partial charge in [0, 0.05) is 22.2 Å². The topological polar surface area (TPSA) is 102 Å². The number of benzene rings is 1. The van der Waals surface area contributed by atoms with E-state index >= 15 is 0 Å². The molecule has 1 aromatic heterocycles. The third-order valence-corrected chi connectivity index (χ3v) is 5.26. The average molecular weight is 361 g/mol. The van der Waals surface area contributed by atoms with Gasteiger partial charge < -0.3 is 5.11 Å². The number of nitro benzene ring substituents is 1. The summed E-state index contributed by atoms with van der Waals surface area (Å²) < 4.78 is 0. The maximum atomic E-state index is 12.1. The second kappa shape index (κ2) is 6.59. The zero-order chi connectivity index (χ0) is 17.3. The molecule has 0 saturated heterocycles. The summed E-state index contributed by atoms with van der Waals surface area (Å²) in [6, 6.07) is 4.53. The van der Waals surface area contributed by atoms with Gasteiger partial charge in [0.05, 0.1) is 10.5 Å². The van der Waals surface area contributed by atoms with E-state index in [4.69, 9.17) is 11.6 Å². The van der Waals surface area contributed by atoms with Gasteiger partial charge >= 0.3 is 0 Å². The first-order valence-electron chi connectivity index (χ1n) is 7.25. The fourth-order valence-electron chi connectivity index (χ4n) is 2.72. The number of thiophene rings is 1. The molecule has 0 radical (unpaired) electrons. The van der Waals surface area contributed by atoms with Gasteiger partial charge in [0.25, 0.3) is 5.69 Å². The molecule has 0 saturated carbocycles. The number of aryl methyl sites for hydroxylation is 1. The first kappa shape index (κ1) is 16.4. The smallest absolute Gasteiger partial charge is 0.263 e. The van der Waals surface area contributed by atoms with E-state index in [-0.39, 0.29) is 10.6 Å². The average Bonchev–Trinajstić information content (AvgIpc) is 2.92. The molecule has 24 heavy (non-hydrogen) atoms. The minimum atomic E-state index is -0.768. The van der Waals surface area contributed by atoms with Gasteiger partial charge in [0.15, 0.2) is 0 Å². The normalized spacial score (nSPS) is 13.7. The van der Waals surface area contributed by atoms with Crippen LogP contribution in [-0.4, -0.2) is 11.1 Å². The number of hydrogen-bond donors (Lipinski definition) is 0. The molecule has 0 N–H and O–H groups in total. The third kappa shape index (κ3) is 2.98. The minimum Gasteiger partial charge on any atom is -0.867 e. The highest BCUT2D eigenvalue weighted by molar-refractivity contribution is 7.16. The van der Waals surface area contributed by atoms with Gasteiger partial charge in [0.1, 0.15) is 11.1 Å².